The number of aryl methyl sites for hydroxylation is 1. The van der Waals surface area contributed by atoms with E-state index >= 15 is 0 Å². The maximum absolute atomic E-state index is 4.59. The van der Waals surface area contributed by atoms with Crippen molar-refractivity contribution < 1.29 is 0 Å². The Morgan fingerprint density at radius 2 is 1.84 bits per heavy atom. The minimum absolute atomic E-state index is 0.610. The van der Waals surface area contributed by atoms with Gasteiger partial charge in [-0.2, -0.15) is 0 Å². The number of anilines is 1. The van der Waals surface area contributed by atoms with Crippen LogP contribution < -0.4 is 5.32 Å². The van der Waals surface area contributed by atoms with Gasteiger partial charge in [0.05, 0.1) is 5.52 Å². The SMILES string of the molecule is Cn1c2ccncc2c2ccc(-c3ccc(NC4CCC4)nc3)cc21. The van der Waals surface area contributed by atoms with Crippen LogP contribution in [0.1, 0.15) is 19.3 Å². The molecule has 1 fully saturated rings. The van der Waals surface area contributed by atoms with Gasteiger partial charge in [0.15, 0.2) is 0 Å². The number of nitrogens with zero attached hydrogens (tertiary/aromatic N) is 3. The van der Waals surface area contributed by atoms with Gasteiger partial charge < -0.3 is 9.88 Å². The van der Waals surface area contributed by atoms with E-state index in [1.54, 1.807) is 0 Å². The second-order valence-corrected chi connectivity index (χ2v) is 6.89. The molecule has 124 valence electrons. The maximum Gasteiger partial charge on any atom is 0.126 e. The molecule has 0 unspecified atom stereocenters. The molecule has 5 rings (SSSR count). The van der Waals surface area contributed by atoms with Crippen molar-refractivity contribution in [3.05, 3.63) is 55.0 Å². The van der Waals surface area contributed by atoms with E-state index in [0.29, 0.717) is 6.04 Å². The Hall–Kier alpha value is -2.88. The number of aromatic nitrogens is 3. The normalized spacial score (nSPS) is 14.8. The first kappa shape index (κ1) is 14.5. The summed E-state index contributed by atoms with van der Waals surface area (Å²) in [5.74, 6) is 0.977. The largest absolute Gasteiger partial charge is 0.367 e. The predicted octanol–water partition coefficient (Wildman–Crippen LogP) is 4.75. The molecule has 3 heterocycles. The maximum atomic E-state index is 4.59. The molecule has 25 heavy (non-hydrogen) atoms. The molecule has 3 aromatic heterocycles. The van der Waals surface area contributed by atoms with Crippen LogP contribution in [-0.2, 0) is 7.05 Å². The molecular weight excluding hydrogens is 308 g/mol. The fourth-order valence-corrected chi connectivity index (χ4v) is 3.65. The first-order valence-electron chi connectivity index (χ1n) is 8.85. The van der Waals surface area contributed by atoms with E-state index in [1.165, 1.54) is 46.6 Å². The summed E-state index contributed by atoms with van der Waals surface area (Å²) in [6.45, 7) is 0. The van der Waals surface area contributed by atoms with Crippen molar-refractivity contribution in [2.45, 2.75) is 25.3 Å². The van der Waals surface area contributed by atoms with Crippen LogP contribution in [0.5, 0.6) is 0 Å². The third kappa shape index (κ3) is 2.37. The molecule has 4 heteroatoms. The van der Waals surface area contributed by atoms with Gasteiger partial charge in [-0.05, 0) is 49.1 Å². The van der Waals surface area contributed by atoms with Crippen molar-refractivity contribution in [1.82, 2.24) is 14.5 Å². The van der Waals surface area contributed by atoms with Crippen LogP contribution in [-0.4, -0.2) is 20.6 Å². The third-order valence-electron chi connectivity index (χ3n) is 5.36. The number of hydrogen-bond acceptors (Lipinski definition) is 3. The Balaban J connectivity index is 1.54. The number of rotatable bonds is 3. The molecule has 1 aliphatic carbocycles. The smallest absolute Gasteiger partial charge is 0.126 e. The number of nitrogens with one attached hydrogen (secondary N) is 1. The topological polar surface area (TPSA) is 42.7 Å². The molecule has 0 radical (unpaired) electrons. The highest BCUT2D eigenvalue weighted by Crippen LogP contribution is 2.31. The Morgan fingerprint density at radius 1 is 0.960 bits per heavy atom. The highest BCUT2D eigenvalue weighted by atomic mass is 15.0. The summed E-state index contributed by atoms with van der Waals surface area (Å²) in [6, 6.07) is 13.5. The average Bonchev–Trinajstić information content (AvgIpc) is 2.91. The highest BCUT2D eigenvalue weighted by Gasteiger charge is 2.17. The van der Waals surface area contributed by atoms with Crippen LogP contribution in [0.4, 0.5) is 5.82 Å². The van der Waals surface area contributed by atoms with Crippen molar-refractivity contribution in [3.63, 3.8) is 0 Å². The molecular formula is C21H20N4. The van der Waals surface area contributed by atoms with Gasteiger partial charge in [-0.25, -0.2) is 4.98 Å². The van der Waals surface area contributed by atoms with Gasteiger partial charge in [0.1, 0.15) is 5.82 Å². The van der Waals surface area contributed by atoms with E-state index in [-0.39, 0.29) is 0 Å². The lowest BCUT2D eigenvalue weighted by molar-refractivity contribution is 0.444. The number of hydrogen-bond donors (Lipinski definition) is 1. The molecule has 0 aliphatic heterocycles. The van der Waals surface area contributed by atoms with Crippen LogP contribution in [0.15, 0.2) is 55.0 Å². The van der Waals surface area contributed by atoms with Gasteiger partial charge in [0, 0.05) is 53.5 Å². The second kappa shape index (κ2) is 5.59. The van der Waals surface area contributed by atoms with Gasteiger partial charge in [0.2, 0.25) is 0 Å². The summed E-state index contributed by atoms with van der Waals surface area (Å²) in [5.41, 5.74) is 4.76. The van der Waals surface area contributed by atoms with Crippen LogP contribution in [0, 0.1) is 0 Å². The summed E-state index contributed by atoms with van der Waals surface area (Å²) in [5, 5.41) is 5.93. The fraction of sp³-hybridized carbons (Fsp3) is 0.238. The highest BCUT2D eigenvalue weighted by molar-refractivity contribution is 6.08. The van der Waals surface area contributed by atoms with Gasteiger partial charge in [0.25, 0.3) is 0 Å². The summed E-state index contributed by atoms with van der Waals surface area (Å²) < 4.78 is 2.23. The van der Waals surface area contributed by atoms with Gasteiger partial charge in [-0.3, -0.25) is 4.98 Å². The minimum atomic E-state index is 0.610. The molecule has 4 aromatic rings. The van der Waals surface area contributed by atoms with E-state index in [0.717, 1.165) is 11.4 Å². The summed E-state index contributed by atoms with van der Waals surface area (Å²) >= 11 is 0. The van der Waals surface area contributed by atoms with Crippen LogP contribution in [0.3, 0.4) is 0 Å². The molecule has 1 N–H and O–H groups in total. The lowest BCUT2D eigenvalue weighted by Gasteiger charge is -2.26. The van der Waals surface area contributed by atoms with Crippen molar-refractivity contribution in [1.29, 1.82) is 0 Å². The quantitative estimate of drug-likeness (QED) is 0.590. The van der Waals surface area contributed by atoms with Crippen LogP contribution in [0.2, 0.25) is 0 Å². The molecule has 0 amide bonds. The van der Waals surface area contributed by atoms with E-state index in [2.05, 4.69) is 63.3 Å². The minimum Gasteiger partial charge on any atom is -0.367 e. The Morgan fingerprint density at radius 3 is 2.60 bits per heavy atom. The van der Waals surface area contributed by atoms with E-state index < -0.39 is 0 Å². The van der Waals surface area contributed by atoms with E-state index in [9.17, 15) is 0 Å². The summed E-state index contributed by atoms with van der Waals surface area (Å²) in [7, 11) is 2.11. The number of fused-ring (bicyclic) bond motifs is 3. The molecule has 1 aromatic carbocycles. The molecule has 0 saturated heterocycles. The van der Waals surface area contributed by atoms with Crippen molar-refractivity contribution in [3.8, 4) is 11.1 Å². The first-order valence-corrected chi connectivity index (χ1v) is 8.85. The van der Waals surface area contributed by atoms with Crippen molar-refractivity contribution >= 4 is 27.6 Å². The van der Waals surface area contributed by atoms with Crippen LogP contribution >= 0.6 is 0 Å². The van der Waals surface area contributed by atoms with Gasteiger partial charge in [-0.15, -0.1) is 0 Å². The monoisotopic (exact) mass is 328 g/mol. The third-order valence-corrected chi connectivity index (χ3v) is 5.36. The van der Waals surface area contributed by atoms with Gasteiger partial charge in [-0.1, -0.05) is 12.1 Å². The number of benzene rings is 1. The Kier molecular flexibility index (Phi) is 3.23. The lowest BCUT2D eigenvalue weighted by atomic mass is 9.93. The second-order valence-electron chi connectivity index (χ2n) is 6.89. The predicted molar refractivity (Wildman–Crippen MR) is 103 cm³/mol. The summed E-state index contributed by atoms with van der Waals surface area (Å²) in [6.07, 6.45) is 9.61. The first-order chi connectivity index (χ1) is 12.3. The fourth-order valence-electron chi connectivity index (χ4n) is 3.65. The van der Waals surface area contributed by atoms with Crippen molar-refractivity contribution in [2.24, 2.45) is 7.05 Å². The zero-order valence-electron chi connectivity index (χ0n) is 14.2. The van der Waals surface area contributed by atoms with Crippen LogP contribution in [0.25, 0.3) is 32.9 Å². The summed E-state index contributed by atoms with van der Waals surface area (Å²) in [4.78, 5) is 8.87. The molecule has 1 saturated carbocycles. The van der Waals surface area contributed by atoms with E-state index in [1.807, 2.05) is 18.6 Å². The zero-order valence-corrected chi connectivity index (χ0v) is 14.2. The zero-order chi connectivity index (χ0) is 16.8. The average molecular weight is 328 g/mol. The Bertz CT molecular complexity index is 1060. The van der Waals surface area contributed by atoms with Gasteiger partial charge >= 0.3 is 0 Å². The molecule has 0 bridgehead atoms. The molecule has 0 spiro atoms. The molecule has 1 aliphatic rings. The lowest BCUT2D eigenvalue weighted by Crippen LogP contribution is -2.27. The molecule has 4 nitrogen and oxygen atoms in total. The van der Waals surface area contributed by atoms with E-state index in [4.69, 9.17) is 0 Å². The standard InChI is InChI=1S/C21H20N4/c1-25-19-9-10-22-13-18(19)17-7-5-14(11-20(17)25)15-6-8-21(23-12-15)24-16-3-2-4-16/h5-13,16H,2-4H2,1H3,(H,23,24). The number of pyridine rings is 2. The Labute approximate surface area is 146 Å². The molecule has 0 atom stereocenters. The van der Waals surface area contributed by atoms with Crippen molar-refractivity contribution in [2.75, 3.05) is 5.32 Å².